The molecule has 1 spiro atoms. The van der Waals surface area contributed by atoms with Gasteiger partial charge in [0.25, 0.3) is 0 Å². The minimum Gasteiger partial charge on any atom is -0.347 e. The zero-order chi connectivity index (χ0) is 18.7. The van der Waals surface area contributed by atoms with Gasteiger partial charge in [-0.05, 0) is 51.2 Å². The minimum absolute atomic E-state index is 0.00500. The molecule has 142 valence electrons. The topological polar surface area (TPSA) is 65.5 Å². The summed E-state index contributed by atoms with van der Waals surface area (Å²) in [6.45, 7) is 3.01. The zero-order valence-electron chi connectivity index (χ0n) is 16.1. The third kappa shape index (κ3) is 4.06. The number of amides is 2. The lowest BCUT2D eigenvalue weighted by Crippen LogP contribution is -2.53. The van der Waals surface area contributed by atoms with E-state index in [2.05, 4.69) is 16.4 Å². The molecule has 1 saturated heterocycles. The van der Waals surface area contributed by atoms with Crippen LogP contribution in [0.5, 0.6) is 0 Å². The largest absolute Gasteiger partial charge is 0.347 e. The molecule has 1 aliphatic carbocycles. The van der Waals surface area contributed by atoms with Gasteiger partial charge in [0, 0.05) is 44.3 Å². The zero-order valence-corrected chi connectivity index (χ0v) is 16.1. The summed E-state index contributed by atoms with van der Waals surface area (Å²) in [5.41, 5.74) is 2.00. The van der Waals surface area contributed by atoms with Gasteiger partial charge in [0.15, 0.2) is 0 Å². The van der Waals surface area contributed by atoms with Crippen LogP contribution in [0.25, 0.3) is 0 Å². The summed E-state index contributed by atoms with van der Waals surface area (Å²) < 4.78 is 0. The Bertz CT molecular complexity index is 666. The lowest BCUT2D eigenvalue weighted by Gasteiger charge is -2.44. The first-order valence-electron chi connectivity index (χ1n) is 9.56. The lowest BCUT2D eigenvalue weighted by molar-refractivity contribution is -0.141. The molecule has 6 heteroatoms. The summed E-state index contributed by atoms with van der Waals surface area (Å²) in [5.74, 6) is 0.140. The minimum atomic E-state index is -0.109. The molecule has 26 heavy (non-hydrogen) atoms. The molecule has 0 unspecified atom stereocenters. The van der Waals surface area contributed by atoms with E-state index in [0.717, 1.165) is 50.0 Å². The number of rotatable bonds is 5. The van der Waals surface area contributed by atoms with Crippen LogP contribution in [-0.4, -0.2) is 58.8 Å². The van der Waals surface area contributed by atoms with Crippen molar-refractivity contribution in [2.24, 2.45) is 0 Å². The van der Waals surface area contributed by atoms with Crippen LogP contribution in [0.3, 0.4) is 0 Å². The Labute approximate surface area is 156 Å². The number of hydrogen-bond acceptors (Lipinski definition) is 4. The molecule has 0 radical (unpaired) electrons. The molecule has 1 saturated carbocycles. The fraction of sp³-hybridized carbons (Fsp3) is 0.650. The number of pyridine rings is 1. The number of carbonyl (C=O) groups is 2. The van der Waals surface area contributed by atoms with Gasteiger partial charge in [-0.25, -0.2) is 0 Å². The Morgan fingerprint density at radius 1 is 1.31 bits per heavy atom. The van der Waals surface area contributed by atoms with E-state index in [0.29, 0.717) is 12.5 Å². The second-order valence-electron chi connectivity index (χ2n) is 7.92. The monoisotopic (exact) mass is 358 g/mol. The van der Waals surface area contributed by atoms with Gasteiger partial charge in [0.2, 0.25) is 11.8 Å². The summed E-state index contributed by atoms with van der Waals surface area (Å²) in [6, 6.07) is 6.55. The quantitative estimate of drug-likeness (QED) is 0.873. The van der Waals surface area contributed by atoms with Crippen molar-refractivity contribution < 1.29 is 9.59 Å². The highest BCUT2D eigenvalue weighted by atomic mass is 16.2. The molecule has 0 atom stereocenters. The molecule has 2 amide bonds. The summed E-state index contributed by atoms with van der Waals surface area (Å²) in [5, 5.41) is 3.62. The van der Waals surface area contributed by atoms with Crippen molar-refractivity contribution in [1.29, 1.82) is 0 Å². The molecule has 6 nitrogen and oxygen atoms in total. The predicted octanol–water partition coefficient (Wildman–Crippen LogP) is 1.87. The third-order valence-corrected chi connectivity index (χ3v) is 5.90. The highest BCUT2D eigenvalue weighted by molar-refractivity contribution is 5.86. The number of likely N-dealkylation sites (tertiary alicyclic amines) is 1. The highest BCUT2D eigenvalue weighted by Gasteiger charge is 2.47. The fourth-order valence-electron chi connectivity index (χ4n) is 4.23. The Kier molecular flexibility index (Phi) is 5.61. The number of likely N-dealkylation sites (N-methyl/N-ethyl adjacent to an activating group) is 1. The average Bonchev–Trinajstić information content (AvgIpc) is 2.91. The molecule has 1 N–H and O–H groups in total. The summed E-state index contributed by atoms with van der Waals surface area (Å²) in [7, 11) is 3.49. The van der Waals surface area contributed by atoms with E-state index in [1.54, 1.807) is 19.0 Å². The normalized spacial score (nSPS) is 25.7. The van der Waals surface area contributed by atoms with E-state index in [1.165, 1.54) is 0 Å². The Morgan fingerprint density at radius 2 is 2.04 bits per heavy atom. The van der Waals surface area contributed by atoms with Crippen LogP contribution in [0.2, 0.25) is 0 Å². The number of hydrogen-bond donors (Lipinski definition) is 1. The van der Waals surface area contributed by atoms with E-state index in [-0.39, 0.29) is 23.9 Å². The van der Waals surface area contributed by atoms with Crippen molar-refractivity contribution in [1.82, 2.24) is 20.1 Å². The fourth-order valence-corrected chi connectivity index (χ4v) is 4.23. The van der Waals surface area contributed by atoms with E-state index >= 15 is 0 Å². The van der Waals surface area contributed by atoms with Gasteiger partial charge in [-0.2, -0.15) is 0 Å². The van der Waals surface area contributed by atoms with Crippen LogP contribution in [-0.2, 0) is 16.1 Å². The third-order valence-electron chi connectivity index (χ3n) is 5.90. The summed E-state index contributed by atoms with van der Waals surface area (Å²) in [4.78, 5) is 32.5. The lowest BCUT2D eigenvalue weighted by atomic mass is 9.77. The van der Waals surface area contributed by atoms with Crippen molar-refractivity contribution in [2.45, 2.75) is 63.6 Å². The summed E-state index contributed by atoms with van der Waals surface area (Å²) >= 11 is 0. The van der Waals surface area contributed by atoms with Gasteiger partial charge in [0.05, 0.1) is 5.69 Å². The van der Waals surface area contributed by atoms with Crippen molar-refractivity contribution in [3.05, 3.63) is 29.6 Å². The SMILES string of the molecule is Cc1cccc(CNC2CCC3(CCC(=O)N3CC(=O)N(C)C)CC2)n1. The molecular formula is C20H30N4O2. The van der Waals surface area contributed by atoms with Crippen LogP contribution >= 0.6 is 0 Å². The first-order valence-corrected chi connectivity index (χ1v) is 9.56. The number of carbonyl (C=O) groups excluding carboxylic acids is 2. The molecule has 0 bridgehead atoms. The second-order valence-corrected chi connectivity index (χ2v) is 7.92. The molecule has 3 rings (SSSR count). The number of aromatic nitrogens is 1. The predicted molar refractivity (Wildman–Crippen MR) is 100 cm³/mol. The number of nitrogens with one attached hydrogen (secondary N) is 1. The van der Waals surface area contributed by atoms with Gasteiger partial charge in [0.1, 0.15) is 6.54 Å². The Hall–Kier alpha value is -1.95. The Balaban J connectivity index is 1.56. The summed E-state index contributed by atoms with van der Waals surface area (Å²) in [6.07, 6.45) is 5.47. The standard InChI is InChI=1S/C20H30N4O2/c1-15-5-4-6-17(22-15)13-21-16-7-10-20(11-8-16)12-9-18(25)24(20)14-19(26)23(2)3/h4-6,16,21H,7-14H2,1-3H3. The van der Waals surface area contributed by atoms with Gasteiger partial charge in [-0.1, -0.05) is 6.07 Å². The van der Waals surface area contributed by atoms with Crippen LogP contribution < -0.4 is 5.32 Å². The molecular weight excluding hydrogens is 328 g/mol. The van der Waals surface area contributed by atoms with Crippen LogP contribution in [0.15, 0.2) is 18.2 Å². The molecule has 2 heterocycles. The number of aryl methyl sites for hydroxylation is 1. The average molecular weight is 358 g/mol. The number of nitrogens with zero attached hydrogens (tertiary/aromatic N) is 3. The maximum absolute atomic E-state index is 12.4. The maximum atomic E-state index is 12.4. The van der Waals surface area contributed by atoms with Crippen LogP contribution in [0.1, 0.15) is 49.9 Å². The van der Waals surface area contributed by atoms with Gasteiger partial charge in [-0.15, -0.1) is 0 Å². The Morgan fingerprint density at radius 3 is 2.69 bits per heavy atom. The van der Waals surface area contributed by atoms with E-state index in [9.17, 15) is 9.59 Å². The van der Waals surface area contributed by atoms with E-state index in [4.69, 9.17) is 0 Å². The first-order chi connectivity index (χ1) is 12.4. The van der Waals surface area contributed by atoms with Crippen molar-refractivity contribution in [2.75, 3.05) is 20.6 Å². The first kappa shape index (κ1) is 18.8. The van der Waals surface area contributed by atoms with Crippen molar-refractivity contribution in [3.8, 4) is 0 Å². The molecule has 2 fully saturated rings. The molecule has 1 aliphatic heterocycles. The van der Waals surface area contributed by atoms with Crippen LogP contribution in [0.4, 0.5) is 0 Å². The molecule has 0 aromatic carbocycles. The van der Waals surface area contributed by atoms with E-state index < -0.39 is 0 Å². The smallest absolute Gasteiger partial charge is 0.241 e. The van der Waals surface area contributed by atoms with Crippen molar-refractivity contribution >= 4 is 11.8 Å². The van der Waals surface area contributed by atoms with E-state index in [1.807, 2.05) is 24.0 Å². The molecule has 2 aliphatic rings. The maximum Gasteiger partial charge on any atom is 0.241 e. The van der Waals surface area contributed by atoms with Crippen molar-refractivity contribution in [3.63, 3.8) is 0 Å². The van der Waals surface area contributed by atoms with Gasteiger partial charge in [-0.3, -0.25) is 14.6 Å². The van der Waals surface area contributed by atoms with Gasteiger partial charge >= 0.3 is 0 Å². The molecule has 1 aromatic rings. The van der Waals surface area contributed by atoms with Gasteiger partial charge < -0.3 is 15.1 Å². The van der Waals surface area contributed by atoms with Crippen LogP contribution in [0, 0.1) is 6.92 Å². The molecule has 1 aromatic heterocycles. The highest BCUT2D eigenvalue weighted by Crippen LogP contribution is 2.42. The second kappa shape index (κ2) is 7.74.